The molecule has 2 aromatic rings. The van der Waals surface area contributed by atoms with Crippen LogP contribution in [-0.2, 0) is 16.4 Å². The molecule has 2 aromatic heterocycles. The van der Waals surface area contributed by atoms with E-state index in [-0.39, 0.29) is 17.5 Å². The average molecular weight is 336 g/mol. The fourth-order valence-corrected chi connectivity index (χ4v) is 4.55. The molecular formula is C15H20N4O3S. The monoisotopic (exact) mass is 336 g/mol. The molecule has 1 unspecified atom stereocenters. The van der Waals surface area contributed by atoms with E-state index in [2.05, 4.69) is 15.3 Å². The molecule has 1 fully saturated rings. The smallest absolute Gasteiger partial charge is 0.152 e. The minimum Gasteiger partial charge on any atom is -0.467 e. The first-order valence-corrected chi connectivity index (χ1v) is 9.45. The van der Waals surface area contributed by atoms with Gasteiger partial charge < -0.3 is 14.6 Å². The Morgan fingerprint density at radius 3 is 2.96 bits per heavy atom. The summed E-state index contributed by atoms with van der Waals surface area (Å²) >= 11 is 0. The van der Waals surface area contributed by atoms with E-state index < -0.39 is 9.84 Å². The Kier molecular flexibility index (Phi) is 4.51. The predicted octanol–water partition coefficient (Wildman–Crippen LogP) is 1.70. The molecule has 8 heteroatoms. The molecule has 0 saturated carbocycles. The molecule has 1 aliphatic heterocycles. The minimum absolute atomic E-state index is 0.0159. The van der Waals surface area contributed by atoms with E-state index in [0.29, 0.717) is 25.3 Å². The Morgan fingerprint density at radius 1 is 1.43 bits per heavy atom. The highest BCUT2D eigenvalue weighted by atomic mass is 32.2. The Morgan fingerprint density at radius 2 is 2.30 bits per heavy atom. The Bertz CT molecular complexity index is 746. The van der Waals surface area contributed by atoms with Crippen LogP contribution in [0.5, 0.6) is 0 Å². The molecule has 0 amide bonds. The van der Waals surface area contributed by atoms with Crippen molar-refractivity contribution in [3.63, 3.8) is 0 Å². The van der Waals surface area contributed by atoms with Gasteiger partial charge in [-0.2, -0.15) is 0 Å². The number of rotatable bonds is 6. The maximum absolute atomic E-state index is 11.7. The van der Waals surface area contributed by atoms with Crippen molar-refractivity contribution in [2.75, 3.05) is 28.3 Å². The Balaban J connectivity index is 1.72. The van der Waals surface area contributed by atoms with E-state index in [1.54, 1.807) is 6.26 Å². The van der Waals surface area contributed by atoms with Crippen molar-refractivity contribution in [1.29, 1.82) is 0 Å². The van der Waals surface area contributed by atoms with Gasteiger partial charge in [0.15, 0.2) is 9.84 Å². The lowest BCUT2D eigenvalue weighted by Crippen LogP contribution is -2.36. The van der Waals surface area contributed by atoms with Gasteiger partial charge in [0.05, 0.1) is 24.3 Å². The van der Waals surface area contributed by atoms with Gasteiger partial charge in [0.1, 0.15) is 23.7 Å². The molecule has 0 aromatic carbocycles. The van der Waals surface area contributed by atoms with Crippen molar-refractivity contribution in [1.82, 2.24) is 9.97 Å². The average Bonchev–Trinajstić information content (AvgIpc) is 3.16. The third-order valence-corrected chi connectivity index (χ3v) is 5.71. The third-order valence-electron chi connectivity index (χ3n) is 3.96. The van der Waals surface area contributed by atoms with Gasteiger partial charge in [-0.05, 0) is 25.5 Å². The standard InChI is InChI=1S/C15H20N4O3S/c1-2-19(12-5-7-23(20,21)10-12)15-8-14(17-11-18-15)16-9-13-4-3-6-22-13/h3-4,6,8,11-12H,2,5,7,9-10H2,1H3,(H,16,17,18). The fourth-order valence-electron chi connectivity index (χ4n) is 2.82. The predicted molar refractivity (Wildman–Crippen MR) is 88.1 cm³/mol. The van der Waals surface area contributed by atoms with Gasteiger partial charge in [-0.1, -0.05) is 0 Å². The SMILES string of the molecule is CCN(c1cc(NCc2ccco2)ncn1)C1CCS(=O)(=O)C1. The van der Waals surface area contributed by atoms with Crippen LogP contribution in [0.4, 0.5) is 11.6 Å². The molecule has 0 radical (unpaired) electrons. The highest BCUT2D eigenvalue weighted by molar-refractivity contribution is 7.91. The van der Waals surface area contributed by atoms with Crippen LogP contribution in [0.25, 0.3) is 0 Å². The maximum atomic E-state index is 11.7. The van der Waals surface area contributed by atoms with Crippen LogP contribution in [0.15, 0.2) is 35.2 Å². The zero-order chi connectivity index (χ0) is 16.3. The van der Waals surface area contributed by atoms with E-state index in [4.69, 9.17) is 4.42 Å². The van der Waals surface area contributed by atoms with Gasteiger partial charge in [0.25, 0.3) is 0 Å². The molecular weight excluding hydrogens is 316 g/mol. The first-order chi connectivity index (χ1) is 11.1. The van der Waals surface area contributed by atoms with Gasteiger partial charge in [-0.25, -0.2) is 18.4 Å². The number of sulfone groups is 1. The molecule has 1 aliphatic rings. The van der Waals surface area contributed by atoms with Crippen LogP contribution in [-0.4, -0.2) is 42.5 Å². The number of hydrogen-bond acceptors (Lipinski definition) is 7. The topological polar surface area (TPSA) is 88.3 Å². The molecule has 0 bridgehead atoms. The zero-order valence-electron chi connectivity index (χ0n) is 13.0. The van der Waals surface area contributed by atoms with Crippen LogP contribution >= 0.6 is 0 Å². The quantitative estimate of drug-likeness (QED) is 0.859. The fraction of sp³-hybridized carbons (Fsp3) is 0.467. The van der Waals surface area contributed by atoms with E-state index >= 15 is 0 Å². The number of nitrogens with zero attached hydrogens (tertiary/aromatic N) is 3. The second-order valence-corrected chi connectivity index (χ2v) is 7.77. The largest absolute Gasteiger partial charge is 0.467 e. The lowest BCUT2D eigenvalue weighted by atomic mass is 10.2. The van der Waals surface area contributed by atoms with E-state index in [1.807, 2.05) is 30.0 Å². The molecule has 1 saturated heterocycles. The normalized spacial score (nSPS) is 19.6. The highest BCUT2D eigenvalue weighted by Crippen LogP contribution is 2.23. The Labute approximate surface area is 135 Å². The minimum atomic E-state index is -2.92. The zero-order valence-corrected chi connectivity index (χ0v) is 13.8. The van der Waals surface area contributed by atoms with Crippen molar-refractivity contribution < 1.29 is 12.8 Å². The summed E-state index contributed by atoms with van der Waals surface area (Å²) in [6.07, 6.45) is 3.77. The van der Waals surface area contributed by atoms with Crippen LogP contribution in [0.2, 0.25) is 0 Å². The van der Waals surface area contributed by atoms with E-state index in [1.165, 1.54) is 6.33 Å². The molecule has 7 nitrogen and oxygen atoms in total. The van der Waals surface area contributed by atoms with Crippen LogP contribution in [0, 0.1) is 0 Å². The lowest BCUT2D eigenvalue weighted by molar-refractivity contribution is 0.518. The Hall–Kier alpha value is -2.09. The van der Waals surface area contributed by atoms with Crippen molar-refractivity contribution >= 4 is 21.5 Å². The molecule has 1 atom stereocenters. The summed E-state index contributed by atoms with van der Waals surface area (Å²) in [6, 6.07) is 5.55. The first-order valence-electron chi connectivity index (χ1n) is 7.63. The number of anilines is 2. The summed E-state index contributed by atoms with van der Waals surface area (Å²) in [5, 5.41) is 3.18. The van der Waals surface area contributed by atoms with Gasteiger partial charge in [-0.15, -0.1) is 0 Å². The highest BCUT2D eigenvalue weighted by Gasteiger charge is 2.32. The number of furan rings is 1. The summed E-state index contributed by atoms with van der Waals surface area (Å²) in [6.45, 7) is 3.24. The molecule has 3 heterocycles. The molecule has 0 spiro atoms. The summed E-state index contributed by atoms with van der Waals surface area (Å²) in [5.41, 5.74) is 0. The second kappa shape index (κ2) is 6.57. The molecule has 0 aliphatic carbocycles. The van der Waals surface area contributed by atoms with Crippen molar-refractivity contribution in [2.45, 2.75) is 25.9 Å². The van der Waals surface area contributed by atoms with Crippen LogP contribution < -0.4 is 10.2 Å². The van der Waals surface area contributed by atoms with Crippen LogP contribution in [0.1, 0.15) is 19.1 Å². The molecule has 3 rings (SSSR count). The summed E-state index contributed by atoms with van der Waals surface area (Å²) in [4.78, 5) is 10.5. The lowest BCUT2D eigenvalue weighted by Gasteiger charge is -2.28. The van der Waals surface area contributed by atoms with Crippen molar-refractivity contribution in [3.8, 4) is 0 Å². The number of nitrogens with one attached hydrogen (secondary N) is 1. The number of hydrogen-bond donors (Lipinski definition) is 1. The van der Waals surface area contributed by atoms with E-state index in [9.17, 15) is 8.42 Å². The molecule has 23 heavy (non-hydrogen) atoms. The van der Waals surface area contributed by atoms with Gasteiger partial charge in [0.2, 0.25) is 0 Å². The third kappa shape index (κ3) is 3.82. The van der Waals surface area contributed by atoms with Gasteiger partial charge in [0, 0.05) is 18.7 Å². The van der Waals surface area contributed by atoms with Gasteiger partial charge in [-0.3, -0.25) is 0 Å². The summed E-state index contributed by atoms with van der Waals surface area (Å²) in [7, 11) is -2.92. The van der Waals surface area contributed by atoms with Crippen molar-refractivity contribution in [2.24, 2.45) is 0 Å². The van der Waals surface area contributed by atoms with Gasteiger partial charge >= 0.3 is 0 Å². The second-order valence-electron chi connectivity index (χ2n) is 5.54. The summed E-state index contributed by atoms with van der Waals surface area (Å²) < 4.78 is 28.7. The summed E-state index contributed by atoms with van der Waals surface area (Å²) in [5.74, 6) is 2.69. The van der Waals surface area contributed by atoms with Crippen LogP contribution in [0.3, 0.4) is 0 Å². The molecule has 124 valence electrons. The number of aromatic nitrogens is 2. The maximum Gasteiger partial charge on any atom is 0.152 e. The van der Waals surface area contributed by atoms with Crippen molar-refractivity contribution in [3.05, 3.63) is 36.5 Å². The van der Waals surface area contributed by atoms with E-state index in [0.717, 1.165) is 11.6 Å². The first kappa shape index (κ1) is 15.8. The molecule has 1 N–H and O–H groups in total.